The zero-order chi connectivity index (χ0) is 34.1. The Hall–Kier alpha value is -3.65. The first kappa shape index (κ1) is 36.2. The Bertz CT molecular complexity index is 1560. The number of hydrogen-bond acceptors (Lipinski definition) is 9. The van der Waals surface area contributed by atoms with Gasteiger partial charge in [0, 0.05) is 51.1 Å². The zero-order valence-corrected chi connectivity index (χ0v) is 29.1. The number of fused-ring (bicyclic) bond motifs is 1. The van der Waals surface area contributed by atoms with Gasteiger partial charge in [-0.1, -0.05) is 19.1 Å². The third-order valence-electron chi connectivity index (χ3n) is 8.36. The van der Waals surface area contributed by atoms with Crippen molar-refractivity contribution in [1.82, 2.24) is 19.4 Å². The number of ether oxygens (including phenoxy) is 3. The van der Waals surface area contributed by atoms with Crippen LogP contribution in [0.3, 0.4) is 0 Å². The van der Waals surface area contributed by atoms with Gasteiger partial charge in [0.2, 0.25) is 0 Å². The van der Waals surface area contributed by atoms with Crippen LogP contribution in [0.5, 0.6) is 11.5 Å². The van der Waals surface area contributed by atoms with Crippen LogP contribution in [0.4, 0.5) is 5.69 Å². The van der Waals surface area contributed by atoms with Crippen LogP contribution in [0.1, 0.15) is 56.0 Å². The number of aliphatic hydroxyl groups excluding tert-OH is 1. The highest BCUT2D eigenvalue weighted by atomic mass is 32.2. The van der Waals surface area contributed by atoms with E-state index in [0.29, 0.717) is 32.0 Å². The third-order valence-corrected chi connectivity index (χ3v) is 9.63. The lowest BCUT2D eigenvalue weighted by Gasteiger charge is -2.36. The number of nitrogens with one attached hydrogen (secondary N) is 1. The topological polar surface area (TPSA) is 135 Å². The van der Waals surface area contributed by atoms with E-state index in [1.807, 2.05) is 38.2 Å². The van der Waals surface area contributed by atoms with Crippen LogP contribution in [0.2, 0.25) is 0 Å². The number of aliphatic hydroxyl groups is 1. The number of likely N-dealkylation sites (N-methyl/N-ethyl adjacent to an activating group) is 1. The highest BCUT2D eigenvalue weighted by Crippen LogP contribution is 2.29. The molecule has 13 heteroatoms. The van der Waals surface area contributed by atoms with Gasteiger partial charge >= 0.3 is 0 Å². The SMILES string of the molecule is COc1ccc(CN(C)C[C@H]2OCCCC[C@@H](C)Oc3ccc(NS(=O)(=O)c4cn(C)cn4)cc3C(=O)N([C@H](C)CO)C[C@H]2C)cc1. The van der Waals surface area contributed by atoms with E-state index in [9.17, 15) is 18.3 Å². The maximum atomic E-state index is 14.4. The van der Waals surface area contributed by atoms with Crippen molar-refractivity contribution < 1.29 is 32.5 Å². The number of sulfonamides is 1. The Kier molecular flexibility index (Phi) is 12.7. The highest BCUT2D eigenvalue weighted by molar-refractivity contribution is 7.92. The molecule has 1 aromatic heterocycles. The van der Waals surface area contributed by atoms with E-state index in [4.69, 9.17) is 14.2 Å². The minimum Gasteiger partial charge on any atom is -0.497 e. The van der Waals surface area contributed by atoms with E-state index in [1.165, 1.54) is 18.6 Å². The minimum atomic E-state index is -4.00. The van der Waals surface area contributed by atoms with Gasteiger partial charge in [-0.25, -0.2) is 4.98 Å². The molecule has 1 aliphatic heterocycles. The van der Waals surface area contributed by atoms with Crippen molar-refractivity contribution in [2.45, 2.75) is 69.9 Å². The second-order valence-electron chi connectivity index (χ2n) is 12.5. The first-order valence-corrected chi connectivity index (χ1v) is 17.5. The van der Waals surface area contributed by atoms with Crippen LogP contribution < -0.4 is 14.2 Å². The lowest BCUT2D eigenvalue weighted by molar-refractivity contribution is -0.0177. The molecule has 3 aromatic rings. The monoisotopic (exact) mass is 671 g/mol. The molecular weight excluding hydrogens is 622 g/mol. The number of rotatable bonds is 10. The van der Waals surface area contributed by atoms with Crippen LogP contribution in [0, 0.1) is 5.92 Å². The lowest BCUT2D eigenvalue weighted by Crippen LogP contribution is -2.47. The fourth-order valence-electron chi connectivity index (χ4n) is 5.60. The number of carbonyl (C=O) groups is 1. The van der Waals surface area contributed by atoms with E-state index in [0.717, 1.165) is 30.6 Å². The second-order valence-corrected chi connectivity index (χ2v) is 14.2. The predicted molar refractivity (Wildman–Crippen MR) is 180 cm³/mol. The number of methoxy groups -OCH3 is 1. The molecule has 0 fully saturated rings. The molecule has 0 bridgehead atoms. The van der Waals surface area contributed by atoms with E-state index >= 15 is 0 Å². The van der Waals surface area contributed by atoms with Crippen LogP contribution in [-0.4, -0.2) is 97.5 Å². The number of anilines is 1. The first-order valence-electron chi connectivity index (χ1n) is 16.1. The molecule has 1 aliphatic rings. The van der Waals surface area contributed by atoms with Crippen molar-refractivity contribution in [2.75, 3.05) is 45.2 Å². The van der Waals surface area contributed by atoms with Crippen LogP contribution in [0.25, 0.3) is 0 Å². The van der Waals surface area contributed by atoms with Crippen molar-refractivity contribution in [3.8, 4) is 11.5 Å². The molecule has 12 nitrogen and oxygen atoms in total. The van der Waals surface area contributed by atoms with Crippen molar-refractivity contribution in [2.24, 2.45) is 13.0 Å². The van der Waals surface area contributed by atoms with Gasteiger partial charge in [0.25, 0.3) is 15.9 Å². The molecule has 4 atom stereocenters. The van der Waals surface area contributed by atoms with E-state index in [-0.39, 0.29) is 46.9 Å². The maximum absolute atomic E-state index is 14.4. The summed E-state index contributed by atoms with van der Waals surface area (Å²) in [6.45, 7) is 7.78. The summed E-state index contributed by atoms with van der Waals surface area (Å²) >= 11 is 0. The number of aryl methyl sites for hydroxylation is 1. The van der Waals surface area contributed by atoms with Gasteiger partial charge in [-0.15, -0.1) is 0 Å². The summed E-state index contributed by atoms with van der Waals surface area (Å²) in [4.78, 5) is 22.1. The van der Waals surface area contributed by atoms with Gasteiger partial charge in [0.05, 0.1) is 43.9 Å². The Labute approximate surface area is 278 Å². The summed E-state index contributed by atoms with van der Waals surface area (Å²) in [7, 11) is 1.38. The number of aromatic nitrogens is 2. The molecule has 47 heavy (non-hydrogen) atoms. The Morgan fingerprint density at radius 3 is 2.57 bits per heavy atom. The van der Waals surface area contributed by atoms with Crippen LogP contribution in [-0.2, 0) is 28.4 Å². The summed E-state index contributed by atoms with van der Waals surface area (Å²) in [5.41, 5.74) is 1.55. The molecule has 0 radical (unpaired) electrons. The standard InChI is InChI=1S/C34H49N5O7S/c1-24-18-39(25(2)22-40)34(41)30-17-28(36-47(42,43)33-21-38(5)23-35-33)12-15-31(30)46-26(3)9-7-8-16-45-32(24)20-37(4)19-27-10-13-29(44-6)14-11-27/h10-15,17,21,23-26,32,36,40H,7-9,16,18-20,22H2,1-6H3/t24-,25-,26-,32-/m1/s1. The van der Waals surface area contributed by atoms with E-state index in [2.05, 4.69) is 21.5 Å². The van der Waals surface area contributed by atoms with Crippen LogP contribution >= 0.6 is 0 Å². The number of nitrogens with zero attached hydrogens (tertiary/aromatic N) is 4. The van der Waals surface area contributed by atoms with Gasteiger partial charge in [-0.3, -0.25) is 14.4 Å². The number of imidazole rings is 1. The predicted octanol–water partition coefficient (Wildman–Crippen LogP) is 4.16. The number of amides is 1. The molecule has 4 rings (SSSR count). The largest absolute Gasteiger partial charge is 0.497 e. The molecule has 0 spiro atoms. The molecular formula is C34H49N5O7S. The molecule has 258 valence electrons. The second kappa shape index (κ2) is 16.4. The Balaban J connectivity index is 1.62. The Morgan fingerprint density at radius 2 is 1.91 bits per heavy atom. The molecule has 2 heterocycles. The van der Waals surface area contributed by atoms with E-state index < -0.39 is 16.1 Å². The summed E-state index contributed by atoms with van der Waals surface area (Å²) < 4.78 is 48.2. The minimum absolute atomic E-state index is 0.0941. The molecule has 0 unspecified atom stereocenters. The number of benzene rings is 2. The first-order chi connectivity index (χ1) is 22.4. The molecule has 2 aromatic carbocycles. The van der Waals surface area contributed by atoms with Gasteiger partial charge in [0.15, 0.2) is 5.03 Å². The normalized spacial score (nSPS) is 20.6. The molecule has 0 saturated heterocycles. The fraction of sp³-hybridized carbons (Fsp3) is 0.529. The fourth-order valence-corrected chi connectivity index (χ4v) is 6.63. The zero-order valence-electron chi connectivity index (χ0n) is 28.3. The summed E-state index contributed by atoms with van der Waals surface area (Å²) in [6.07, 6.45) is 4.90. The molecule has 2 N–H and O–H groups in total. The van der Waals surface area contributed by atoms with Gasteiger partial charge < -0.3 is 28.8 Å². The number of carbonyl (C=O) groups excluding carboxylic acids is 1. The quantitative estimate of drug-likeness (QED) is 0.326. The van der Waals surface area contributed by atoms with Gasteiger partial charge in [-0.05, 0) is 76.1 Å². The van der Waals surface area contributed by atoms with Gasteiger partial charge in [-0.2, -0.15) is 8.42 Å². The average molecular weight is 672 g/mol. The van der Waals surface area contributed by atoms with Gasteiger partial charge in [0.1, 0.15) is 11.5 Å². The third kappa shape index (κ3) is 9.92. The molecule has 0 saturated carbocycles. The highest BCUT2D eigenvalue weighted by Gasteiger charge is 2.31. The number of hydrogen-bond donors (Lipinski definition) is 2. The molecule has 1 amide bonds. The maximum Gasteiger partial charge on any atom is 0.280 e. The summed E-state index contributed by atoms with van der Waals surface area (Å²) in [5.74, 6) is 0.696. The lowest BCUT2D eigenvalue weighted by atomic mass is 10.0. The Morgan fingerprint density at radius 1 is 1.17 bits per heavy atom. The van der Waals surface area contributed by atoms with Crippen molar-refractivity contribution in [3.05, 3.63) is 66.1 Å². The van der Waals surface area contributed by atoms with Crippen molar-refractivity contribution >= 4 is 21.6 Å². The molecule has 0 aliphatic carbocycles. The van der Waals surface area contributed by atoms with E-state index in [1.54, 1.807) is 42.7 Å². The summed E-state index contributed by atoms with van der Waals surface area (Å²) in [6, 6.07) is 12.2. The van der Waals surface area contributed by atoms with Crippen LogP contribution in [0.15, 0.2) is 60.0 Å². The smallest absolute Gasteiger partial charge is 0.280 e. The average Bonchev–Trinajstić information content (AvgIpc) is 3.50. The summed E-state index contributed by atoms with van der Waals surface area (Å²) in [5, 5.41) is 10.1. The van der Waals surface area contributed by atoms with Crippen molar-refractivity contribution in [1.29, 1.82) is 0 Å². The van der Waals surface area contributed by atoms with Crippen molar-refractivity contribution in [3.63, 3.8) is 0 Å².